The number of aromatic amines is 1. The van der Waals surface area contributed by atoms with Crippen LogP contribution in [0.15, 0.2) is 36.9 Å². The number of halogens is 4. The Morgan fingerprint density at radius 1 is 1.15 bits per heavy atom. The largest absolute Gasteiger partial charge is 0.409 e. The van der Waals surface area contributed by atoms with Crippen LogP contribution in [0.3, 0.4) is 0 Å². The molecule has 1 aliphatic rings. The second-order valence-corrected chi connectivity index (χ2v) is 8.74. The molecule has 3 heterocycles. The highest BCUT2D eigenvalue weighted by Gasteiger charge is 2.52. The lowest BCUT2D eigenvalue weighted by Gasteiger charge is -2.31. The van der Waals surface area contributed by atoms with Crippen LogP contribution in [0, 0.1) is 5.92 Å². The van der Waals surface area contributed by atoms with Crippen molar-refractivity contribution in [3.63, 3.8) is 0 Å². The number of nitrogens with zero attached hydrogens (tertiary/aromatic N) is 4. The zero-order valence-electron chi connectivity index (χ0n) is 16.9. The number of nitrogen functional groups attached to an aromatic ring is 1. The van der Waals surface area contributed by atoms with Gasteiger partial charge in [-0.3, -0.25) is 13.7 Å². The minimum atomic E-state index is -4.45. The van der Waals surface area contributed by atoms with Gasteiger partial charge in [0.15, 0.2) is 0 Å². The lowest BCUT2D eigenvalue weighted by Crippen LogP contribution is -2.42. The minimum absolute atomic E-state index is 0.0472. The lowest BCUT2D eigenvalue weighted by atomic mass is 10.0. The third kappa shape index (κ3) is 3.73. The van der Waals surface area contributed by atoms with E-state index in [-0.39, 0.29) is 17.2 Å². The second kappa shape index (κ2) is 7.58. The van der Waals surface area contributed by atoms with E-state index < -0.39 is 24.0 Å². The van der Waals surface area contributed by atoms with Gasteiger partial charge in [0.25, 0.3) is 5.91 Å². The molecule has 0 bridgehead atoms. The molecule has 1 atom stereocenters. The Morgan fingerprint density at radius 3 is 2.45 bits per heavy atom. The molecule has 4 aromatic rings. The van der Waals surface area contributed by atoms with E-state index in [9.17, 15) is 18.0 Å². The Balaban J connectivity index is 1.78. The predicted molar refractivity (Wildman–Crippen MR) is 122 cm³/mol. The number of alkyl halides is 3. The molecule has 0 spiro atoms. The number of fused-ring (bicyclic) bond motifs is 3. The van der Waals surface area contributed by atoms with Crippen LogP contribution >= 0.6 is 16.1 Å². The molecule has 0 radical (unpaired) electrons. The number of benzene rings is 1. The van der Waals surface area contributed by atoms with E-state index in [2.05, 4.69) is 36.1 Å². The van der Waals surface area contributed by atoms with Crippen LogP contribution in [-0.2, 0) is 0 Å². The molecule has 33 heavy (non-hydrogen) atoms. The van der Waals surface area contributed by atoms with Crippen LogP contribution < -0.4 is 15.4 Å². The van der Waals surface area contributed by atoms with E-state index in [4.69, 9.17) is 11.5 Å². The van der Waals surface area contributed by atoms with Gasteiger partial charge in [-0.25, -0.2) is 9.97 Å². The van der Waals surface area contributed by atoms with E-state index in [1.807, 2.05) is 0 Å². The number of carbonyl (C=O) groups is 1. The molecule has 1 aliphatic carbocycles. The monoisotopic (exact) mass is 519 g/mol. The summed E-state index contributed by atoms with van der Waals surface area (Å²) in [5, 5.41) is 1.16. The van der Waals surface area contributed by atoms with Gasteiger partial charge in [0.1, 0.15) is 6.04 Å². The molecule has 1 aromatic carbocycles. The van der Waals surface area contributed by atoms with Crippen molar-refractivity contribution in [2.24, 2.45) is 11.7 Å². The molecule has 3 aromatic heterocycles. The van der Waals surface area contributed by atoms with Crippen LogP contribution in [0.4, 0.5) is 24.8 Å². The number of rotatable bonds is 5. The number of nitrogens with two attached hydrogens (primary N) is 2. The van der Waals surface area contributed by atoms with E-state index in [1.165, 1.54) is 24.8 Å². The highest BCUT2D eigenvalue weighted by Crippen LogP contribution is 2.48. The number of H-pyrrole nitrogens is 1. The fourth-order valence-electron chi connectivity index (χ4n) is 4.06. The number of hydrogen-bond acceptors (Lipinski definition) is 6. The third-order valence-electron chi connectivity index (χ3n) is 5.76. The van der Waals surface area contributed by atoms with E-state index >= 15 is 0 Å². The number of hydrogen-bond donors (Lipinski definition) is 3. The Hall–Kier alpha value is -3.41. The van der Waals surface area contributed by atoms with Crippen LogP contribution in [0.1, 0.15) is 23.2 Å². The van der Waals surface area contributed by atoms with Gasteiger partial charge in [-0.15, -0.1) is 0 Å². The van der Waals surface area contributed by atoms with Crippen LogP contribution in [-0.4, -0.2) is 38.1 Å². The molecule has 12 heteroatoms. The summed E-state index contributed by atoms with van der Waals surface area (Å²) in [4.78, 5) is 27.1. The minimum Gasteiger partial charge on any atom is -0.368 e. The highest BCUT2D eigenvalue weighted by molar-refractivity contribution is 9.10. The maximum absolute atomic E-state index is 14.0. The van der Waals surface area contributed by atoms with E-state index in [0.717, 1.165) is 3.93 Å². The topological polar surface area (TPSA) is 127 Å². The molecule has 170 valence electrons. The molecule has 0 saturated heterocycles. The van der Waals surface area contributed by atoms with Crippen molar-refractivity contribution in [1.29, 1.82) is 0 Å². The SMILES string of the molecule is NC(=O)c1cncc2c1[nH]c1cc(-c3cnc(N)nc3)c(N(Br)[C@H](C3CC3)C(F)(F)F)cc12. The van der Waals surface area contributed by atoms with Crippen molar-refractivity contribution in [2.75, 3.05) is 9.66 Å². The average molecular weight is 520 g/mol. The summed E-state index contributed by atoms with van der Waals surface area (Å²) in [6.07, 6.45) is 2.33. The van der Waals surface area contributed by atoms with Gasteiger partial charge in [0.2, 0.25) is 5.95 Å². The number of anilines is 2. The van der Waals surface area contributed by atoms with Gasteiger partial charge in [-0.2, -0.15) is 13.2 Å². The van der Waals surface area contributed by atoms with Crippen LogP contribution in [0.25, 0.3) is 32.9 Å². The average Bonchev–Trinajstić information content (AvgIpc) is 3.51. The van der Waals surface area contributed by atoms with Crippen molar-refractivity contribution in [2.45, 2.75) is 25.1 Å². The molecule has 5 rings (SSSR count). The summed E-state index contributed by atoms with van der Waals surface area (Å²) in [5.74, 6) is -1.13. The van der Waals surface area contributed by atoms with Crippen LogP contribution in [0.5, 0.6) is 0 Å². The zero-order chi connectivity index (χ0) is 23.5. The van der Waals surface area contributed by atoms with Crippen molar-refractivity contribution < 1.29 is 18.0 Å². The first kappa shape index (κ1) is 21.4. The quantitative estimate of drug-likeness (QED) is 0.337. The third-order valence-corrected chi connectivity index (χ3v) is 6.58. The summed E-state index contributed by atoms with van der Waals surface area (Å²) in [6, 6.07) is 1.61. The fourth-order valence-corrected chi connectivity index (χ4v) is 4.92. The summed E-state index contributed by atoms with van der Waals surface area (Å²) < 4.78 is 43.1. The summed E-state index contributed by atoms with van der Waals surface area (Å²) in [6.45, 7) is 0. The number of primary amides is 1. The first-order chi connectivity index (χ1) is 15.6. The molecule has 0 aliphatic heterocycles. The first-order valence-corrected chi connectivity index (χ1v) is 10.7. The Morgan fingerprint density at radius 2 is 1.85 bits per heavy atom. The van der Waals surface area contributed by atoms with Gasteiger partial charge >= 0.3 is 6.18 Å². The molecule has 1 fully saturated rings. The summed E-state index contributed by atoms with van der Waals surface area (Å²) >= 11 is 3.22. The van der Waals surface area contributed by atoms with Gasteiger partial charge in [-0.05, 0) is 30.9 Å². The highest BCUT2D eigenvalue weighted by atomic mass is 79.9. The van der Waals surface area contributed by atoms with Crippen molar-refractivity contribution >= 4 is 55.5 Å². The standard InChI is InChI=1S/C21H17BrF3N7O/c22-32(18(9-1-2-9)21(23,24)25)16-4-12-13-7-28-8-14(19(26)33)17(13)31-15(12)3-11(16)10-5-29-20(27)30-6-10/h3-9,18,31H,1-2H2,(H2,26,33)(H2,27,29,30)/t18-/m1/s1. The molecule has 1 amide bonds. The normalized spacial score (nSPS) is 15.2. The van der Waals surface area contributed by atoms with Crippen molar-refractivity contribution in [3.05, 3.63) is 42.5 Å². The predicted octanol–water partition coefficient (Wildman–Crippen LogP) is 4.31. The second-order valence-electron chi connectivity index (χ2n) is 7.98. The molecule has 0 unspecified atom stereocenters. The van der Waals surface area contributed by atoms with E-state index in [1.54, 1.807) is 12.1 Å². The first-order valence-electron chi connectivity index (χ1n) is 9.98. The molecule has 1 saturated carbocycles. The smallest absolute Gasteiger partial charge is 0.368 e. The Labute approximate surface area is 193 Å². The number of aromatic nitrogens is 4. The number of amides is 1. The Kier molecular flexibility index (Phi) is 4.92. The van der Waals surface area contributed by atoms with Gasteiger partial charge < -0.3 is 16.5 Å². The lowest BCUT2D eigenvalue weighted by molar-refractivity contribution is -0.149. The molecule has 5 N–H and O–H groups in total. The summed E-state index contributed by atoms with van der Waals surface area (Å²) in [5.41, 5.74) is 13.5. The molecular formula is C21H17BrF3N7O. The Bertz CT molecular complexity index is 1380. The maximum atomic E-state index is 14.0. The fraction of sp³-hybridized carbons (Fsp3) is 0.238. The van der Waals surface area contributed by atoms with Gasteiger partial charge in [0, 0.05) is 52.2 Å². The summed E-state index contributed by atoms with van der Waals surface area (Å²) in [7, 11) is 0. The van der Waals surface area contributed by atoms with Crippen molar-refractivity contribution in [3.8, 4) is 11.1 Å². The zero-order valence-corrected chi connectivity index (χ0v) is 18.5. The van der Waals surface area contributed by atoms with Gasteiger partial charge in [-0.1, -0.05) is 0 Å². The van der Waals surface area contributed by atoms with Crippen molar-refractivity contribution in [1.82, 2.24) is 19.9 Å². The number of carbonyl (C=O) groups excluding carboxylic acids is 1. The number of nitrogens with one attached hydrogen (secondary N) is 1. The van der Waals surface area contributed by atoms with Gasteiger partial charge in [0.05, 0.1) is 32.9 Å². The maximum Gasteiger partial charge on any atom is 0.409 e. The van der Waals surface area contributed by atoms with E-state index in [0.29, 0.717) is 45.8 Å². The number of pyridine rings is 1. The molecular weight excluding hydrogens is 503 g/mol. The molecule has 8 nitrogen and oxygen atoms in total. The van der Waals surface area contributed by atoms with Crippen LogP contribution in [0.2, 0.25) is 0 Å².